The molecular formula is C20H21NO7. The maximum atomic E-state index is 12.2. The lowest BCUT2D eigenvalue weighted by Crippen LogP contribution is -2.42. The van der Waals surface area contributed by atoms with Gasteiger partial charge in [0.15, 0.2) is 23.0 Å². The van der Waals surface area contributed by atoms with Crippen LogP contribution in [0, 0.1) is 0 Å². The summed E-state index contributed by atoms with van der Waals surface area (Å²) in [6.45, 7) is 1.77. The third-order valence-electron chi connectivity index (χ3n) is 3.79. The Balaban J connectivity index is 2.11. The van der Waals surface area contributed by atoms with Crippen LogP contribution in [0.25, 0.3) is 6.08 Å². The third kappa shape index (κ3) is 5.66. The Bertz CT molecular complexity index is 892. The number of hydrogen-bond acceptors (Lipinski definition) is 7. The van der Waals surface area contributed by atoms with Crippen molar-refractivity contribution in [2.45, 2.75) is 19.4 Å². The Morgan fingerprint density at radius 2 is 1.64 bits per heavy atom. The van der Waals surface area contributed by atoms with Gasteiger partial charge in [-0.2, -0.15) is 0 Å². The molecule has 1 unspecified atom stereocenters. The molecule has 0 saturated heterocycles. The van der Waals surface area contributed by atoms with Crippen LogP contribution in [0.2, 0.25) is 0 Å². The van der Waals surface area contributed by atoms with Gasteiger partial charge in [0.05, 0.1) is 6.61 Å². The SMILES string of the molecule is CCOC(=O)C(Cc1ccc(O)c(O)c1)NC(=O)/C=C/c1ccc(O)c(O)c1. The van der Waals surface area contributed by atoms with E-state index in [0.717, 1.165) is 0 Å². The molecule has 0 spiro atoms. The molecule has 8 heteroatoms. The topological polar surface area (TPSA) is 136 Å². The van der Waals surface area contributed by atoms with Crippen molar-refractivity contribution in [3.63, 3.8) is 0 Å². The van der Waals surface area contributed by atoms with Crippen molar-refractivity contribution in [1.82, 2.24) is 5.32 Å². The lowest BCUT2D eigenvalue weighted by molar-refractivity contribution is -0.146. The van der Waals surface area contributed by atoms with Crippen molar-refractivity contribution in [3.8, 4) is 23.0 Å². The van der Waals surface area contributed by atoms with Crippen LogP contribution in [0.4, 0.5) is 0 Å². The first-order chi connectivity index (χ1) is 13.3. The molecule has 2 aromatic rings. The fraction of sp³-hybridized carbons (Fsp3) is 0.200. The number of benzene rings is 2. The molecule has 0 aliphatic heterocycles. The molecule has 0 radical (unpaired) electrons. The molecule has 0 saturated carbocycles. The summed E-state index contributed by atoms with van der Waals surface area (Å²) >= 11 is 0. The van der Waals surface area contributed by atoms with Gasteiger partial charge < -0.3 is 30.5 Å². The number of nitrogens with one attached hydrogen (secondary N) is 1. The number of amides is 1. The first kappa shape index (κ1) is 20.6. The van der Waals surface area contributed by atoms with Crippen molar-refractivity contribution in [2.24, 2.45) is 0 Å². The van der Waals surface area contributed by atoms with Gasteiger partial charge in [0.25, 0.3) is 0 Å². The van der Waals surface area contributed by atoms with E-state index in [4.69, 9.17) is 4.74 Å². The van der Waals surface area contributed by atoms with Crippen LogP contribution in [0.1, 0.15) is 18.1 Å². The minimum Gasteiger partial charge on any atom is -0.504 e. The van der Waals surface area contributed by atoms with E-state index in [1.807, 2.05) is 0 Å². The highest BCUT2D eigenvalue weighted by Gasteiger charge is 2.22. The second kappa shape index (κ2) is 9.31. The zero-order chi connectivity index (χ0) is 20.7. The number of phenolic OH excluding ortho intramolecular Hbond substituents is 4. The Morgan fingerprint density at radius 3 is 2.25 bits per heavy atom. The molecule has 0 aliphatic carbocycles. The van der Waals surface area contributed by atoms with E-state index < -0.39 is 17.9 Å². The zero-order valence-corrected chi connectivity index (χ0v) is 15.1. The number of esters is 1. The highest BCUT2D eigenvalue weighted by molar-refractivity contribution is 5.94. The molecule has 0 fully saturated rings. The van der Waals surface area contributed by atoms with E-state index in [0.29, 0.717) is 11.1 Å². The van der Waals surface area contributed by atoms with Gasteiger partial charge in [-0.15, -0.1) is 0 Å². The van der Waals surface area contributed by atoms with Gasteiger partial charge in [0, 0.05) is 12.5 Å². The summed E-state index contributed by atoms with van der Waals surface area (Å²) in [4.78, 5) is 24.3. The van der Waals surface area contributed by atoms with Gasteiger partial charge in [-0.25, -0.2) is 4.79 Å². The van der Waals surface area contributed by atoms with E-state index in [1.54, 1.807) is 6.92 Å². The number of hydrogen-bond donors (Lipinski definition) is 5. The minimum atomic E-state index is -1.01. The maximum Gasteiger partial charge on any atom is 0.328 e. The average Bonchev–Trinajstić information content (AvgIpc) is 2.65. The molecule has 0 heterocycles. The lowest BCUT2D eigenvalue weighted by atomic mass is 10.0. The molecule has 0 aliphatic rings. The van der Waals surface area contributed by atoms with Crippen LogP contribution in [0.5, 0.6) is 23.0 Å². The summed E-state index contributed by atoms with van der Waals surface area (Å²) in [5.41, 5.74) is 0.989. The standard InChI is InChI=1S/C20H21NO7/c1-2-28-20(27)14(9-13-4-7-16(23)18(25)11-13)21-19(26)8-5-12-3-6-15(22)17(24)10-12/h3-8,10-11,14,22-25H,2,9H2,1H3,(H,21,26)/b8-5+. The smallest absolute Gasteiger partial charge is 0.328 e. The predicted octanol–water partition coefficient (Wildman–Crippen LogP) is 1.81. The molecular weight excluding hydrogens is 366 g/mol. The maximum absolute atomic E-state index is 12.2. The number of aromatic hydroxyl groups is 4. The van der Waals surface area contributed by atoms with Crippen LogP contribution in [0.3, 0.4) is 0 Å². The van der Waals surface area contributed by atoms with Gasteiger partial charge in [-0.1, -0.05) is 12.1 Å². The average molecular weight is 387 g/mol. The summed E-state index contributed by atoms with van der Waals surface area (Å²) < 4.78 is 4.97. The van der Waals surface area contributed by atoms with E-state index >= 15 is 0 Å². The van der Waals surface area contributed by atoms with Crippen LogP contribution < -0.4 is 5.32 Å². The predicted molar refractivity (Wildman–Crippen MR) is 101 cm³/mol. The van der Waals surface area contributed by atoms with E-state index in [1.165, 1.54) is 48.6 Å². The van der Waals surface area contributed by atoms with Gasteiger partial charge in [0.2, 0.25) is 5.91 Å². The summed E-state index contributed by atoms with van der Waals surface area (Å²) in [5.74, 6) is -2.44. The second-order valence-electron chi connectivity index (χ2n) is 5.92. The van der Waals surface area contributed by atoms with Crippen molar-refractivity contribution in [2.75, 3.05) is 6.61 Å². The molecule has 1 amide bonds. The molecule has 0 aromatic heterocycles. The van der Waals surface area contributed by atoms with Crippen LogP contribution in [-0.2, 0) is 20.7 Å². The van der Waals surface area contributed by atoms with Gasteiger partial charge in [0.1, 0.15) is 6.04 Å². The Kier molecular flexibility index (Phi) is 6.86. The van der Waals surface area contributed by atoms with Gasteiger partial charge >= 0.3 is 5.97 Å². The summed E-state index contributed by atoms with van der Waals surface area (Å²) in [5, 5.41) is 40.2. The van der Waals surface area contributed by atoms with Crippen molar-refractivity contribution >= 4 is 18.0 Å². The van der Waals surface area contributed by atoms with E-state index in [2.05, 4.69) is 5.32 Å². The molecule has 1 atom stereocenters. The highest BCUT2D eigenvalue weighted by atomic mass is 16.5. The number of rotatable bonds is 7. The minimum absolute atomic E-state index is 0.0479. The molecule has 8 nitrogen and oxygen atoms in total. The molecule has 0 bridgehead atoms. The fourth-order valence-electron chi connectivity index (χ4n) is 2.40. The van der Waals surface area contributed by atoms with Crippen LogP contribution in [-0.4, -0.2) is 45.0 Å². The van der Waals surface area contributed by atoms with Crippen LogP contribution in [0.15, 0.2) is 42.5 Å². The van der Waals surface area contributed by atoms with E-state index in [-0.39, 0.29) is 36.0 Å². The Hall–Kier alpha value is -3.68. The van der Waals surface area contributed by atoms with Crippen LogP contribution >= 0.6 is 0 Å². The lowest BCUT2D eigenvalue weighted by Gasteiger charge is -2.16. The van der Waals surface area contributed by atoms with Crippen molar-refractivity contribution in [1.29, 1.82) is 0 Å². The Morgan fingerprint density at radius 1 is 1.00 bits per heavy atom. The number of carbonyl (C=O) groups excluding carboxylic acids is 2. The van der Waals surface area contributed by atoms with Gasteiger partial charge in [-0.05, 0) is 48.4 Å². The van der Waals surface area contributed by atoms with Gasteiger partial charge in [-0.3, -0.25) is 4.79 Å². The molecule has 28 heavy (non-hydrogen) atoms. The number of ether oxygens (including phenoxy) is 1. The summed E-state index contributed by atoms with van der Waals surface area (Å²) in [6.07, 6.45) is 2.63. The van der Waals surface area contributed by atoms with Crippen molar-refractivity contribution in [3.05, 3.63) is 53.6 Å². The normalized spacial score (nSPS) is 11.9. The molecule has 148 valence electrons. The highest BCUT2D eigenvalue weighted by Crippen LogP contribution is 2.26. The number of phenols is 4. The summed E-state index contributed by atoms with van der Waals surface area (Å²) in [6, 6.07) is 7.15. The molecule has 5 N–H and O–H groups in total. The van der Waals surface area contributed by atoms with Crippen molar-refractivity contribution < 1.29 is 34.8 Å². The monoisotopic (exact) mass is 387 g/mol. The first-order valence-electron chi connectivity index (χ1n) is 8.48. The quantitative estimate of drug-likeness (QED) is 0.278. The third-order valence-corrected chi connectivity index (χ3v) is 3.79. The first-order valence-corrected chi connectivity index (χ1v) is 8.48. The molecule has 2 rings (SSSR count). The summed E-state index contributed by atoms with van der Waals surface area (Å²) in [7, 11) is 0. The Labute approximate surface area is 161 Å². The number of carbonyl (C=O) groups is 2. The fourth-order valence-corrected chi connectivity index (χ4v) is 2.40. The largest absolute Gasteiger partial charge is 0.504 e. The van der Waals surface area contributed by atoms with E-state index in [9.17, 15) is 30.0 Å². The molecule has 2 aromatic carbocycles. The second-order valence-corrected chi connectivity index (χ2v) is 5.92. The zero-order valence-electron chi connectivity index (χ0n) is 15.1.